The molecule has 64 valence electrons. The molecule has 0 atom stereocenters. The highest BCUT2D eigenvalue weighted by molar-refractivity contribution is 5.90. The average Bonchev–Trinajstić information content (AvgIpc) is 2.03. The van der Waals surface area contributed by atoms with Crippen molar-refractivity contribution in [3.8, 4) is 0 Å². The maximum Gasteiger partial charge on any atom is 0.341 e. The highest BCUT2D eigenvalue weighted by Gasteiger charge is 2.10. The molecule has 12 heavy (non-hydrogen) atoms. The van der Waals surface area contributed by atoms with Gasteiger partial charge in [0.25, 0.3) is 0 Å². The van der Waals surface area contributed by atoms with Gasteiger partial charge in [-0.2, -0.15) is 0 Å². The summed E-state index contributed by atoms with van der Waals surface area (Å²) in [5.74, 6) is -0.298. The summed E-state index contributed by atoms with van der Waals surface area (Å²) in [6, 6.07) is 0. The third kappa shape index (κ3) is 1.50. The number of aryl methyl sites for hydroxylation is 1. The number of hydrogen-bond acceptors (Lipinski definition) is 5. The van der Waals surface area contributed by atoms with Gasteiger partial charge >= 0.3 is 5.97 Å². The van der Waals surface area contributed by atoms with E-state index >= 15 is 0 Å². The Morgan fingerprint density at radius 1 is 1.67 bits per heavy atom. The average molecular weight is 167 g/mol. The third-order valence-corrected chi connectivity index (χ3v) is 1.40. The third-order valence-electron chi connectivity index (χ3n) is 1.40. The molecule has 0 aliphatic carbocycles. The summed E-state index contributed by atoms with van der Waals surface area (Å²) in [5.41, 5.74) is 6.16. The van der Waals surface area contributed by atoms with E-state index in [9.17, 15) is 4.79 Å². The molecule has 0 radical (unpaired) electrons. The van der Waals surface area contributed by atoms with Crippen molar-refractivity contribution in [3.63, 3.8) is 0 Å². The van der Waals surface area contributed by atoms with Crippen molar-refractivity contribution in [2.24, 2.45) is 0 Å². The van der Waals surface area contributed by atoms with E-state index in [1.807, 2.05) is 0 Å². The molecule has 0 fully saturated rings. The zero-order chi connectivity index (χ0) is 9.14. The molecule has 1 rings (SSSR count). The second-order valence-electron chi connectivity index (χ2n) is 2.22. The number of nitrogens with zero attached hydrogens (tertiary/aromatic N) is 2. The number of rotatable bonds is 1. The minimum Gasteiger partial charge on any atom is -0.465 e. The van der Waals surface area contributed by atoms with E-state index in [0.717, 1.165) is 0 Å². The molecule has 2 N–H and O–H groups in total. The number of carbonyl (C=O) groups excluding carboxylic acids is 1. The van der Waals surface area contributed by atoms with Crippen LogP contribution in [0, 0.1) is 6.92 Å². The van der Waals surface area contributed by atoms with Crippen molar-refractivity contribution >= 4 is 11.9 Å². The fourth-order valence-corrected chi connectivity index (χ4v) is 0.795. The molecule has 0 unspecified atom stereocenters. The number of nitrogen functional groups attached to an aromatic ring is 1. The molecule has 1 aromatic heterocycles. The normalized spacial score (nSPS) is 9.50. The SMILES string of the molecule is COC(=O)c1cnc(N)nc1C. The molecule has 0 bridgehead atoms. The number of hydrogen-bond donors (Lipinski definition) is 1. The lowest BCUT2D eigenvalue weighted by atomic mass is 10.2. The van der Waals surface area contributed by atoms with E-state index < -0.39 is 5.97 Å². The van der Waals surface area contributed by atoms with Gasteiger partial charge in [0.15, 0.2) is 0 Å². The van der Waals surface area contributed by atoms with Crippen molar-refractivity contribution in [1.82, 2.24) is 9.97 Å². The van der Waals surface area contributed by atoms with E-state index in [-0.39, 0.29) is 5.95 Å². The fraction of sp³-hybridized carbons (Fsp3) is 0.286. The first-order chi connectivity index (χ1) is 5.65. The lowest BCUT2D eigenvalue weighted by Crippen LogP contribution is -2.07. The molecule has 1 heterocycles. The number of ether oxygens (including phenoxy) is 1. The minimum absolute atomic E-state index is 0.153. The summed E-state index contributed by atoms with van der Waals surface area (Å²) >= 11 is 0. The molecule has 0 aromatic carbocycles. The van der Waals surface area contributed by atoms with Crippen LogP contribution in [0.15, 0.2) is 6.20 Å². The Balaban J connectivity index is 3.09. The number of methoxy groups -OCH3 is 1. The number of esters is 1. The standard InChI is InChI=1S/C7H9N3O2/c1-4-5(6(11)12-2)3-9-7(8)10-4/h3H,1-2H3,(H2,8,9,10). The summed E-state index contributed by atoms with van der Waals surface area (Å²) in [4.78, 5) is 18.5. The van der Waals surface area contributed by atoms with E-state index in [4.69, 9.17) is 5.73 Å². The van der Waals surface area contributed by atoms with Crippen LogP contribution in [0.4, 0.5) is 5.95 Å². The van der Waals surface area contributed by atoms with Crippen LogP contribution >= 0.6 is 0 Å². The molecule has 0 saturated heterocycles. The van der Waals surface area contributed by atoms with Gasteiger partial charge in [0.05, 0.1) is 18.4 Å². The molecule has 0 amide bonds. The van der Waals surface area contributed by atoms with Gasteiger partial charge in [0.1, 0.15) is 0 Å². The van der Waals surface area contributed by atoms with Crippen molar-refractivity contribution in [3.05, 3.63) is 17.5 Å². The zero-order valence-electron chi connectivity index (χ0n) is 6.87. The maximum atomic E-state index is 11.0. The Hall–Kier alpha value is -1.65. The van der Waals surface area contributed by atoms with Crippen LogP contribution in [0.25, 0.3) is 0 Å². The van der Waals surface area contributed by atoms with E-state index in [0.29, 0.717) is 11.3 Å². The van der Waals surface area contributed by atoms with Gasteiger partial charge in [0, 0.05) is 6.20 Å². The summed E-state index contributed by atoms with van der Waals surface area (Å²) < 4.78 is 4.50. The van der Waals surface area contributed by atoms with Crippen LogP contribution in [-0.2, 0) is 4.74 Å². The smallest absolute Gasteiger partial charge is 0.341 e. The Morgan fingerprint density at radius 2 is 2.33 bits per heavy atom. The van der Waals surface area contributed by atoms with Crippen LogP contribution in [-0.4, -0.2) is 23.0 Å². The quantitative estimate of drug-likeness (QED) is 0.602. The van der Waals surface area contributed by atoms with Gasteiger partial charge in [-0.25, -0.2) is 14.8 Å². The first kappa shape index (κ1) is 8.45. The number of nitrogens with two attached hydrogens (primary N) is 1. The number of carbonyl (C=O) groups is 1. The predicted molar refractivity (Wildman–Crippen MR) is 42.5 cm³/mol. The van der Waals surface area contributed by atoms with Gasteiger partial charge in [-0.15, -0.1) is 0 Å². The highest BCUT2D eigenvalue weighted by Crippen LogP contribution is 2.05. The number of aromatic nitrogens is 2. The lowest BCUT2D eigenvalue weighted by Gasteiger charge is -2.01. The Labute approximate surface area is 69.6 Å². The Morgan fingerprint density at radius 3 is 2.83 bits per heavy atom. The molecular formula is C7H9N3O2. The van der Waals surface area contributed by atoms with Gasteiger partial charge in [-0.05, 0) is 6.92 Å². The summed E-state index contributed by atoms with van der Waals surface area (Å²) in [6.45, 7) is 1.67. The van der Waals surface area contributed by atoms with E-state index in [1.54, 1.807) is 6.92 Å². The van der Waals surface area contributed by atoms with E-state index in [1.165, 1.54) is 13.3 Å². The summed E-state index contributed by atoms with van der Waals surface area (Å²) in [7, 11) is 1.30. The molecule has 0 aliphatic heterocycles. The fourth-order valence-electron chi connectivity index (χ4n) is 0.795. The van der Waals surface area contributed by atoms with Crippen molar-refractivity contribution in [2.75, 3.05) is 12.8 Å². The second kappa shape index (κ2) is 3.17. The second-order valence-corrected chi connectivity index (χ2v) is 2.22. The van der Waals surface area contributed by atoms with Crippen molar-refractivity contribution in [1.29, 1.82) is 0 Å². The van der Waals surface area contributed by atoms with Gasteiger partial charge in [0.2, 0.25) is 5.95 Å². The van der Waals surface area contributed by atoms with Crippen molar-refractivity contribution in [2.45, 2.75) is 6.92 Å². The van der Waals surface area contributed by atoms with E-state index in [2.05, 4.69) is 14.7 Å². The van der Waals surface area contributed by atoms with Crippen LogP contribution in [0.1, 0.15) is 16.1 Å². The van der Waals surface area contributed by atoms with Crippen LogP contribution in [0.3, 0.4) is 0 Å². The lowest BCUT2D eigenvalue weighted by molar-refractivity contribution is 0.0599. The molecule has 5 nitrogen and oxygen atoms in total. The van der Waals surface area contributed by atoms with Crippen LogP contribution < -0.4 is 5.73 Å². The molecular weight excluding hydrogens is 158 g/mol. The maximum absolute atomic E-state index is 11.0. The highest BCUT2D eigenvalue weighted by atomic mass is 16.5. The van der Waals surface area contributed by atoms with Crippen LogP contribution in [0.2, 0.25) is 0 Å². The molecule has 1 aromatic rings. The topological polar surface area (TPSA) is 78.1 Å². The van der Waals surface area contributed by atoms with Gasteiger partial charge in [-0.1, -0.05) is 0 Å². The minimum atomic E-state index is -0.451. The zero-order valence-corrected chi connectivity index (χ0v) is 6.87. The first-order valence-corrected chi connectivity index (χ1v) is 3.32. The van der Waals surface area contributed by atoms with Gasteiger partial charge < -0.3 is 10.5 Å². The molecule has 0 spiro atoms. The Bertz CT molecular complexity index is 312. The summed E-state index contributed by atoms with van der Waals surface area (Å²) in [5, 5.41) is 0. The number of anilines is 1. The molecule has 0 saturated carbocycles. The Kier molecular flexibility index (Phi) is 2.23. The van der Waals surface area contributed by atoms with Crippen LogP contribution in [0.5, 0.6) is 0 Å². The monoisotopic (exact) mass is 167 g/mol. The molecule has 0 aliphatic rings. The van der Waals surface area contributed by atoms with Gasteiger partial charge in [-0.3, -0.25) is 0 Å². The predicted octanol–water partition coefficient (Wildman–Crippen LogP) is 0.154. The molecule has 5 heteroatoms. The first-order valence-electron chi connectivity index (χ1n) is 3.32. The summed E-state index contributed by atoms with van der Waals surface area (Å²) in [6.07, 6.45) is 1.35. The van der Waals surface area contributed by atoms with Crippen molar-refractivity contribution < 1.29 is 9.53 Å². The largest absolute Gasteiger partial charge is 0.465 e.